The van der Waals surface area contributed by atoms with Crippen LogP contribution < -0.4 is 10.6 Å². The summed E-state index contributed by atoms with van der Waals surface area (Å²) in [6.45, 7) is 1.13. The quantitative estimate of drug-likeness (QED) is 0.293. The number of aryl methyl sites for hydroxylation is 1. The Kier molecular flexibility index (Phi) is 5.28. The molecular formula is C25H21F3N4O2. The highest BCUT2D eigenvalue weighted by Crippen LogP contribution is 2.43. The van der Waals surface area contributed by atoms with Crippen LogP contribution in [0.3, 0.4) is 0 Å². The van der Waals surface area contributed by atoms with Crippen LogP contribution in [0.5, 0.6) is 0 Å². The number of benzene rings is 2. The summed E-state index contributed by atoms with van der Waals surface area (Å²) in [5, 5.41) is 5.93. The van der Waals surface area contributed by atoms with Crippen LogP contribution in [0.4, 0.5) is 13.2 Å². The second-order valence-corrected chi connectivity index (χ2v) is 8.17. The van der Waals surface area contributed by atoms with Gasteiger partial charge in [-0.3, -0.25) is 14.9 Å². The van der Waals surface area contributed by atoms with E-state index in [1.807, 2.05) is 12.1 Å². The van der Waals surface area contributed by atoms with Crippen molar-refractivity contribution in [2.24, 2.45) is 0 Å². The fourth-order valence-corrected chi connectivity index (χ4v) is 4.64. The summed E-state index contributed by atoms with van der Waals surface area (Å²) < 4.78 is 43.9. The fourth-order valence-electron chi connectivity index (χ4n) is 4.64. The Morgan fingerprint density at radius 1 is 0.971 bits per heavy atom. The highest BCUT2D eigenvalue weighted by atomic mass is 19.4. The number of carbonyl (C=O) groups is 2. The average molecular weight is 466 g/mol. The van der Waals surface area contributed by atoms with E-state index in [1.165, 1.54) is 6.07 Å². The minimum absolute atomic E-state index is 0.0520. The Hall–Kier alpha value is -3.85. The van der Waals surface area contributed by atoms with E-state index in [1.54, 1.807) is 42.2 Å². The van der Waals surface area contributed by atoms with E-state index >= 15 is 0 Å². The Balaban J connectivity index is 1.82. The van der Waals surface area contributed by atoms with Crippen molar-refractivity contribution >= 4 is 44.8 Å². The predicted octanol–water partition coefficient (Wildman–Crippen LogP) is 4.32. The van der Waals surface area contributed by atoms with Gasteiger partial charge in [-0.1, -0.05) is 24.3 Å². The van der Waals surface area contributed by atoms with Crippen LogP contribution >= 0.6 is 0 Å². The number of nitrogens with one attached hydrogen (secondary N) is 3. The van der Waals surface area contributed by atoms with E-state index in [2.05, 4.69) is 15.6 Å². The molecule has 0 unspecified atom stereocenters. The number of alkyl halides is 3. The summed E-state index contributed by atoms with van der Waals surface area (Å²) >= 11 is 0. The van der Waals surface area contributed by atoms with Gasteiger partial charge in [-0.25, -0.2) is 0 Å². The van der Waals surface area contributed by atoms with Gasteiger partial charge in [-0.15, -0.1) is 0 Å². The van der Waals surface area contributed by atoms with Crippen molar-refractivity contribution in [3.05, 3.63) is 71.5 Å². The molecule has 9 heteroatoms. The van der Waals surface area contributed by atoms with Crippen LogP contribution in [0.25, 0.3) is 33.0 Å². The highest BCUT2D eigenvalue weighted by molar-refractivity contribution is 6.50. The van der Waals surface area contributed by atoms with Crippen molar-refractivity contribution in [1.82, 2.24) is 20.2 Å². The van der Waals surface area contributed by atoms with Crippen molar-refractivity contribution < 1.29 is 22.8 Å². The minimum atomic E-state index is -4.63. The number of aromatic nitrogens is 2. The summed E-state index contributed by atoms with van der Waals surface area (Å²) in [7, 11) is 1.80. The Bertz CT molecular complexity index is 1480. The summed E-state index contributed by atoms with van der Waals surface area (Å²) in [5.41, 5.74) is 0.842. The molecule has 0 radical (unpaired) electrons. The molecule has 0 saturated heterocycles. The molecule has 0 bridgehead atoms. The number of amides is 2. The first kappa shape index (κ1) is 22.0. The molecule has 3 N–H and O–H groups in total. The van der Waals surface area contributed by atoms with Crippen molar-refractivity contribution in [1.29, 1.82) is 0 Å². The Morgan fingerprint density at radius 3 is 2.44 bits per heavy atom. The molecule has 6 nitrogen and oxygen atoms in total. The molecule has 4 aromatic rings. The third kappa shape index (κ3) is 3.49. The lowest BCUT2D eigenvalue weighted by Gasteiger charge is -2.11. The zero-order chi connectivity index (χ0) is 24.0. The first-order chi connectivity index (χ1) is 16.3. The lowest BCUT2D eigenvalue weighted by Crippen LogP contribution is -2.22. The summed E-state index contributed by atoms with van der Waals surface area (Å²) in [6.07, 6.45) is -0.797. The maximum Gasteiger partial charge on any atom is 0.417 e. The zero-order valence-corrected chi connectivity index (χ0v) is 18.2. The minimum Gasteiger partial charge on any atom is -0.361 e. The number of imide groups is 1. The van der Waals surface area contributed by atoms with Crippen LogP contribution in [0.1, 0.15) is 23.1 Å². The number of aromatic amines is 1. The molecule has 3 heterocycles. The number of rotatable bonds is 6. The van der Waals surface area contributed by atoms with Crippen molar-refractivity contribution in [2.75, 3.05) is 13.6 Å². The monoisotopic (exact) mass is 466 g/mol. The van der Waals surface area contributed by atoms with Gasteiger partial charge in [0.05, 0.1) is 16.7 Å². The van der Waals surface area contributed by atoms with Gasteiger partial charge in [0.15, 0.2) is 0 Å². The molecule has 0 atom stereocenters. The second kappa shape index (κ2) is 8.18. The first-order valence-electron chi connectivity index (χ1n) is 10.8. The molecule has 0 fully saturated rings. The maximum atomic E-state index is 14.0. The van der Waals surface area contributed by atoms with Crippen molar-refractivity contribution in [3.8, 4) is 0 Å². The number of H-pyrrole nitrogens is 1. The van der Waals surface area contributed by atoms with Gasteiger partial charge in [0.1, 0.15) is 0 Å². The van der Waals surface area contributed by atoms with E-state index in [-0.39, 0.29) is 22.1 Å². The number of para-hydroxylation sites is 1. The number of hydrogen-bond acceptors (Lipinski definition) is 3. The smallest absolute Gasteiger partial charge is 0.361 e. The number of carbonyl (C=O) groups excluding carboxylic acids is 2. The van der Waals surface area contributed by atoms with E-state index in [0.29, 0.717) is 36.0 Å². The normalized spacial score (nSPS) is 14.6. The average Bonchev–Trinajstić information content (AvgIpc) is 3.46. The van der Waals surface area contributed by atoms with Crippen LogP contribution in [0.2, 0.25) is 0 Å². The van der Waals surface area contributed by atoms with Crippen LogP contribution in [0, 0.1) is 0 Å². The largest absolute Gasteiger partial charge is 0.417 e. The van der Waals surface area contributed by atoms with E-state index < -0.39 is 23.6 Å². The molecule has 2 aromatic carbocycles. The molecule has 34 heavy (non-hydrogen) atoms. The van der Waals surface area contributed by atoms with Crippen LogP contribution in [0.15, 0.2) is 54.9 Å². The van der Waals surface area contributed by atoms with E-state index in [9.17, 15) is 22.8 Å². The van der Waals surface area contributed by atoms with Gasteiger partial charge in [0.2, 0.25) is 0 Å². The van der Waals surface area contributed by atoms with Crippen LogP contribution in [-0.4, -0.2) is 35.0 Å². The highest BCUT2D eigenvalue weighted by Gasteiger charge is 2.39. The van der Waals surface area contributed by atoms with E-state index in [0.717, 1.165) is 11.6 Å². The molecule has 5 rings (SSSR count). The molecular weight excluding hydrogens is 445 g/mol. The van der Waals surface area contributed by atoms with Crippen LogP contribution in [-0.2, 0) is 22.3 Å². The molecule has 1 aliphatic rings. The van der Waals surface area contributed by atoms with Gasteiger partial charge in [-0.2, -0.15) is 13.2 Å². The summed E-state index contributed by atoms with van der Waals surface area (Å²) in [5.74, 6) is -1.35. The molecule has 0 aliphatic carbocycles. The first-order valence-corrected chi connectivity index (χ1v) is 10.8. The lowest BCUT2D eigenvalue weighted by atomic mass is 9.94. The lowest BCUT2D eigenvalue weighted by molar-refractivity contribution is -0.136. The number of fused-ring (bicyclic) bond motifs is 2. The molecule has 2 aromatic heterocycles. The standard InChI is InChI=1S/C25H21F3N4O2/c1-29-10-5-11-32-13-16(20-17(25(26,27)28)7-4-9-19(20)32)22-21(23(33)31-24(22)34)15-12-30-18-8-3-2-6-14(15)18/h2-4,6-9,12-13,29-30H,5,10-11H2,1H3,(H,31,33,34). The third-order valence-corrected chi connectivity index (χ3v) is 6.10. The van der Waals surface area contributed by atoms with Gasteiger partial charge < -0.3 is 14.9 Å². The van der Waals surface area contributed by atoms with Gasteiger partial charge >= 0.3 is 6.18 Å². The number of nitrogens with zero attached hydrogens (tertiary/aromatic N) is 1. The van der Waals surface area contributed by atoms with Gasteiger partial charge in [0.25, 0.3) is 11.8 Å². The van der Waals surface area contributed by atoms with Gasteiger partial charge in [0, 0.05) is 51.9 Å². The van der Waals surface area contributed by atoms with Gasteiger partial charge in [-0.05, 0) is 38.2 Å². The Labute approximate surface area is 192 Å². The third-order valence-electron chi connectivity index (χ3n) is 6.10. The zero-order valence-electron chi connectivity index (χ0n) is 18.2. The van der Waals surface area contributed by atoms with Crippen molar-refractivity contribution in [3.63, 3.8) is 0 Å². The van der Waals surface area contributed by atoms with Crippen molar-refractivity contribution in [2.45, 2.75) is 19.1 Å². The number of halogens is 3. The summed E-state index contributed by atoms with van der Waals surface area (Å²) in [6, 6.07) is 11.2. The molecule has 1 aliphatic heterocycles. The topological polar surface area (TPSA) is 78.9 Å². The van der Waals surface area contributed by atoms with E-state index in [4.69, 9.17) is 0 Å². The second-order valence-electron chi connectivity index (χ2n) is 8.17. The predicted molar refractivity (Wildman–Crippen MR) is 124 cm³/mol. The molecule has 0 spiro atoms. The SMILES string of the molecule is CNCCCn1cc(C2=C(c3c[nH]c4ccccc34)C(=O)NC2=O)c2c(C(F)(F)F)cccc21. The fraction of sp³-hybridized carbons (Fsp3) is 0.200. The molecule has 2 amide bonds. The number of hydrogen-bond donors (Lipinski definition) is 3. The Morgan fingerprint density at radius 2 is 1.71 bits per heavy atom. The summed E-state index contributed by atoms with van der Waals surface area (Å²) in [4.78, 5) is 29.0. The molecule has 174 valence electrons. The molecule has 0 saturated carbocycles. The maximum absolute atomic E-state index is 14.0.